The van der Waals surface area contributed by atoms with Crippen LogP contribution in [-0.2, 0) is 19.2 Å². The van der Waals surface area contributed by atoms with Gasteiger partial charge >= 0.3 is 0 Å². The van der Waals surface area contributed by atoms with Crippen molar-refractivity contribution >= 4 is 23.6 Å². The zero-order chi connectivity index (χ0) is 15.9. The molecule has 4 amide bonds. The van der Waals surface area contributed by atoms with E-state index < -0.39 is 0 Å². The van der Waals surface area contributed by atoms with Crippen LogP contribution in [0.25, 0.3) is 0 Å². The van der Waals surface area contributed by atoms with Crippen molar-refractivity contribution in [2.45, 2.75) is 0 Å². The second kappa shape index (κ2) is 7.62. The minimum absolute atomic E-state index is 0.279. The van der Waals surface area contributed by atoms with Crippen molar-refractivity contribution in [3.8, 4) is 0 Å². The molecule has 0 radical (unpaired) electrons. The van der Waals surface area contributed by atoms with Crippen molar-refractivity contribution in [2.24, 2.45) is 0 Å². The van der Waals surface area contributed by atoms with Crippen LogP contribution < -0.4 is 10.6 Å². The molecule has 2 aliphatic heterocycles. The maximum atomic E-state index is 11.3. The number of imide groups is 2. The zero-order valence-corrected chi connectivity index (χ0v) is 12.1. The normalized spacial score (nSPS) is 17.5. The summed E-state index contributed by atoms with van der Waals surface area (Å²) in [5.74, 6) is -1.12. The lowest BCUT2D eigenvalue weighted by atomic mass is 10.4. The van der Waals surface area contributed by atoms with Crippen LogP contribution in [-0.4, -0.2) is 72.7 Å². The summed E-state index contributed by atoms with van der Waals surface area (Å²) in [6.07, 6.45) is 5.05. The molecular weight excluding hydrogens is 288 g/mol. The number of hydrogen-bond donors (Lipinski definition) is 2. The Morgan fingerprint density at radius 3 is 1.23 bits per heavy atom. The van der Waals surface area contributed by atoms with Crippen LogP contribution in [0, 0.1) is 0 Å². The Balaban J connectivity index is 1.47. The minimum Gasteiger partial charge on any atom is -0.314 e. The first-order valence-electron chi connectivity index (χ1n) is 7.08. The first-order valence-corrected chi connectivity index (χ1v) is 7.08. The Morgan fingerprint density at radius 2 is 0.909 bits per heavy atom. The summed E-state index contributed by atoms with van der Waals surface area (Å²) in [6, 6.07) is 0. The molecule has 0 aliphatic carbocycles. The van der Waals surface area contributed by atoms with Crippen LogP contribution in [0.15, 0.2) is 24.3 Å². The van der Waals surface area contributed by atoms with Crippen LogP contribution in [0.1, 0.15) is 0 Å². The zero-order valence-electron chi connectivity index (χ0n) is 12.1. The lowest BCUT2D eigenvalue weighted by molar-refractivity contribution is -0.138. The quantitative estimate of drug-likeness (QED) is 0.378. The molecule has 2 aliphatic rings. The fourth-order valence-corrected chi connectivity index (χ4v) is 2.11. The van der Waals surface area contributed by atoms with E-state index in [0.29, 0.717) is 39.3 Å². The van der Waals surface area contributed by atoms with Crippen molar-refractivity contribution in [1.29, 1.82) is 0 Å². The monoisotopic (exact) mass is 306 g/mol. The molecule has 2 heterocycles. The molecular formula is C14H18N4O4. The van der Waals surface area contributed by atoms with Crippen LogP contribution in [0.4, 0.5) is 0 Å². The van der Waals surface area contributed by atoms with Gasteiger partial charge in [-0.25, -0.2) is 0 Å². The summed E-state index contributed by atoms with van der Waals surface area (Å²) in [4.78, 5) is 47.5. The molecule has 0 aromatic rings. The predicted molar refractivity (Wildman–Crippen MR) is 77.5 cm³/mol. The summed E-state index contributed by atoms with van der Waals surface area (Å²) in [7, 11) is 0. The number of rotatable bonds is 9. The molecule has 8 heteroatoms. The van der Waals surface area contributed by atoms with Gasteiger partial charge in [0.15, 0.2) is 0 Å². The summed E-state index contributed by atoms with van der Waals surface area (Å²) < 4.78 is 0. The van der Waals surface area contributed by atoms with Crippen LogP contribution in [0.3, 0.4) is 0 Å². The fourth-order valence-electron chi connectivity index (χ4n) is 2.11. The van der Waals surface area contributed by atoms with Gasteiger partial charge in [-0.15, -0.1) is 0 Å². The lowest BCUT2D eigenvalue weighted by Crippen LogP contribution is -2.40. The Labute approximate surface area is 127 Å². The lowest BCUT2D eigenvalue weighted by Gasteiger charge is -2.15. The molecule has 8 nitrogen and oxygen atoms in total. The van der Waals surface area contributed by atoms with E-state index in [0.717, 1.165) is 0 Å². The van der Waals surface area contributed by atoms with Gasteiger partial charge in [0.25, 0.3) is 23.6 Å². The number of amides is 4. The van der Waals surface area contributed by atoms with Gasteiger partial charge < -0.3 is 10.6 Å². The SMILES string of the molecule is O=C1C=CC(=O)N1CCNCCNCCN1C(=O)C=CC1=O. The highest BCUT2D eigenvalue weighted by molar-refractivity contribution is 6.13. The van der Waals surface area contributed by atoms with Gasteiger partial charge in [-0.05, 0) is 0 Å². The predicted octanol–water partition coefficient (Wildman–Crippen LogP) is -1.98. The summed E-state index contributed by atoms with van der Waals surface area (Å²) in [5.41, 5.74) is 0. The minimum atomic E-state index is -0.279. The van der Waals surface area contributed by atoms with Crippen molar-refractivity contribution < 1.29 is 19.2 Å². The van der Waals surface area contributed by atoms with Crippen LogP contribution >= 0.6 is 0 Å². The Hall–Kier alpha value is -2.32. The van der Waals surface area contributed by atoms with E-state index in [-0.39, 0.29) is 23.6 Å². The van der Waals surface area contributed by atoms with Crippen molar-refractivity contribution in [2.75, 3.05) is 39.3 Å². The molecule has 0 fully saturated rings. The van der Waals surface area contributed by atoms with Gasteiger partial charge in [-0.3, -0.25) is 29.0 Å². The van der Waals surface area contributed by atoms with E-state index in [1.165, 1.54) is 34.1 Å². The number of nitrogens with zero attached hydrogens (tertiary/aromatic N) is 2. The molecule has 0 aromatic heterocycles. The van der Waals surface area contributed by atoms with Gasteiger partial charge in [0.1, 0.15) is 0 Å². The Bertz CT molecular complexity index is 457. The molecule has 0 atom stereocenters. The van der Waals surface area contributed by atoms with Crippen LogP contribution in [0.5, 0.6) is 0 Å². The molecule has 2 rings (SSSR count). The average molecular weight is 306 g/mol. The van der Waals surface area contributed by atoms with Gasteiger partial charge in [-0.2, -0.15) is 0 Å². The highest BCUT2D eigenvalue weighted by Gasteiger charge is 2.23. The number of carbonyl (C=O) groups is 4. The smallest absolute Gasteiger partial charge is 0.253 e. The van der Waals surface area contributed by atoms with E-state index >= 15 is 0 Å². The van der Waals surface area contributed by atoms with Crippen LogP contribution in [0.2, 0.25) is 0 Å². The maximum absolute atomic E-state index is 11.3. The average Bonchev–Trinajstić information content (AvgIpc) is 2.98. The van der Waals surface area contributed by atoms with Gasteiger partial charge in [0, 0.05) is 63.6 Å². The third-order valence-corrected chi connectivity index (χ3v) is 3.30. The van der Waals surface area contributed by atoms with E-state index in [1.54, 1.807) is 0 Å². The van der Waals surface area contributed by atoms with Crippen molar-refractivity contribution in [1.82, 2.24) is 20.4 Å². The highest BCUT2D eigenvalue weighted by Crippen LogP contribution is 2.02. The molecule has 0 spiro atoms. The van der Waals surface area contributed by atoms with E-state index in [9.17, 15) is 19.2 Å². The van der Waals surface area contributed by atoms with Gasteiger partial charge in [0.05, 0.1) is 0 Å². The Kier molecular flexibility index (Phi) is 5.56. The molecule has 2 N–H and O–H groups in total. The second-order valence-corrected chi connectivity index (χ2v) is 4.82. The highest BCUT2D eigenvalue weighted by atomic mass is 16.2. The van der Waals surface area contributed by atoms with E-state index in [4.69, 9.17) is 0 Å². The summed E-state index contributed by atoms with van der Waals surface area (Å²) in [6.45, 7) is 3.04. The van der Waals surface area contributed by atoms with Crippen molar-refractivity contribution in [3.63, 3.8) is 0 Å². The van der Waals surface area contributed by atoms with Crippen molar-refractivity contribution in [3.05, 3.63) is 24.3 Å². The third-order valence-electron chi connectivity index (χ3n) is 3.30. The largest absolute Gasteiger partial charge is 0.314 e. The molecule has 0 aromatic carbocycles. The summed E-state index contributed by atoms with van der Waals surface area (Å²) >= 11 is 0. The molecule has 22 heavy (non-hydrogen) atoms. The Morgan fingerprint density at radius 1 is 0.591 bits per heavy atom. The number of carbonyl (C=O) groups excluding carboxylic acids is 4. The third kappa shape index (κ3) is 4.09. The molecule has 0 saturated heterocycles. The topological polar surface area (TPSA) is 98.8 Å². The molecule has 0 saturated carbocycles. The van der Waals surface area contributed by atoms with E-state index in [2.05, 4.69) is 10.6 Å². The molecule has 0 bridgehead atoms. The number of nitrogens with one attached hydrogen (secondary N) is 2. The standard InChI is InChI=1S/C14H18N4O4/c19-11-1-2-12(20)17(11)9-7-15-5-6-16-8-10-18-13(21)3-4-14(18)22/h1-4,15-16H,5-10H2. The maximum Gasteiger partial charge on any atom is 0.253 e. The van der Waals surface area contributed by atoms with E-state index in [1.807, 2.05) is 0 Å². The first kappa shape index (κ1) is 16.1. The van der Waals surface area contributed by atoms with Gasteiger partial charge in [-0.1, -0.05) is 0 Å². The fraction of sp³-hybridized carbons (Fsp3) is 0.429. The molecule has 0 unspecified atom stereocenters. The summed E-state index contributed by atoms with van der Waals surface area (Å²) in [5, 5.41) is 6.21. The number of hydrogen-bond acceptors (Lipinski definition) is 6. The second-order valence-electron chi connectivity index (χ2n) is 4.82. The first-order chi connectivity index (χ1) is 10.6. The molecule has 118 valence electrons. The van der Waals surface area contributed by atoms with Gasteiger partial charge in [0.2, 0.25) is 0 Å².